The van der Waals surface area contributed by atoms with Crippen LogP contribution < -0.4 is 5.32 Å². The van der Waals surface area contributed by atoms with Gasteiger partial charge in [0.25, 0.3) is 0 Å². The number of likely N-dealkylation sites (tertiary alicyclic amines) is 1. The van der Waals surface area contributed by atoms with Crippen molar-refractivity contribution in [3.63, 3.8) is 0 Å². The largest absolute Gasteiger partial charge is 0.441 e. The Bertz CT molecular complexity index is 344. The maximum Gasteiger partial charge on any atom is 0.407 e. The molecule has 1 aliphatic carbocycles. The number of nitrogens with one attached hydrogen (secondary N) is 1. The van der Waals surface area contributed by atoms with Crippen LogP contribution in [0.1, 0.15) is 32.1 Å². The SMILES string of the molecule is O=C1NCC2(CCN(C(=O)C3CCC3)CC2)O1. The molecule has 3 fully saturated rings. The van der Waals surface area contributed by atoms with Crippen LogP contribution in [-0.4, -0.2) is 42.1 Å². The van der Waals surface area contributed by atoms with Crippen molar-refractivity contribution in [1.29, 1.82) is 0 Å². The summed E-state index contributed by atoms with van der Waals surface area (Å²) in [5.41, 5.74) is -0.340. The van der Waals surface area contributed by atoms with Crippen molar-refractivity contribution in [2.75, 3.05) is 19.6 Å². The molecule has 1 spiro atoms. The van der Waals surface area contributed by atoms with Gasteiger partial charge >= 0.3 is 6.09 Å². The summed E-state index contributed by atoms with van der Waals surface area (Å²) in [5, 5.41) is 2.70. The number of hydrogen-bond donors (Lipinski definition) is 1. The summed E-state index contributed by atoms with van der Waals surface area (Å²) in [6.45, 7) is 2.05. The molecular weight excluding hydrogens is 220 g/mol. The van der Waals surface area contributed by atoms with Crippen LogP contribution in [-0.2, 0) is 9.53 Å². The zero-order chi connectivity index (χ0) is 11.9. The summed E-state index contributed by atoms with van der Waals surface area (Å²) in [6, 6.07) is 0. The molecule has 5 heteroatoms. The van der Waals surface area contributed by atoms with E-state index in [0.717, 1.165) is 38.8 Å². The molecular formula is C12H18N2O3. The molecule has 0 aromatic rings. The van der Waals surface area contributed by atoms with E-state index in [1.54, 1.807) is 0 Å². The highest BCUT2D eigenvalue weighted by molar-refractivity contribution is 5.79. The average molecular weight is 238 g/mol. The Balaban J connectivity index is 1.56. The van der Waals surface area contributed by atoms with Crippen molar-refractivity contribution >= 4 is 12.0 Å². The molecule has 0 aromatic heterocycles. The molecule has 1 N–H and O–H groups in total. The quantitative estimate of drug-likeness (QED) is 0.738. The van der Waals surface area contributed by atoms with E-state index in [2.05, 4.69) is 5.32 Å². The number of nitrogens with zero attached hydrogens (tertiary/aromatic N) is 1. The van der Waals surface area contributed by atoms with E-state index in [0.29, 0.717) is 12.5 Å². The summed E-state index contributed by atoms with van der Waals surface area (Å²) >= 11 is 0. The highest BCUT2D eigenvalue weighted by Crippen LogP contribution is 2.33. The lowest BCUT2D eigenvalue weighted by Gasteiger charge is -2.39. The van der Waals surface area contributed by atoms with Crippen molar-refractivity contribution in [2.45, 2.75) is 37.7 Å². The summed E-state index contributed by atoms with van der Waals surface area (Å²) in [7, 11) is 0. The summed E-state index contributed by atoms with van der Waals surface area (Å²) in [5.74, 6) is 0.580. The zero-order valence-corrected chi connectivity index (χ0v) is 9.91. The van der Waals surface area contributed by atoms with E-state index >= 15 is 0 Å². The molecule has 0 atom stereocenters. The summed E-state index contributed by atoms with van der Waals surface area (Å²) < 4.78 is 5.33. The molecule has 2 aliphatic heterocycles. The number of carbonyl (C=O) groups is 2. The van der Waals surface area contributed by atoms with Crippen LogP contribution in [0.5, 0.6) is 0 Å². The maximum absolute atomic E-state index is 12.1. The normalized spacial score (nSPS) is 27.5. The van der Waals surface area contributed by atoms with Crippen LogP contribution in [0.15, 0.2) is 0 Å². The Labute approximate surface area is 100 Å². The van der Waals surface area contributed by atoms with Gasteiger partial charge in [-0.2, -0.15) is 0 Å². The fourth-order valence-electron chi connectivity index (χ4n) is 2.83. The predicted molar refractivity (Wildman–Crippen MR) is 60.4 cm³/mol. The molecule has 5 nitrogen and oxygen atoms in total. The number of ether oxygens (including phenoxy) is 1. The second kappa shape index (κ2) is 3.89. The van der Waals surface area contributed by atoms with E-state index in [4.69, 9.17) is 4.74 Å². The Morgan fingerprint density at radius 1 is 1.35 bits per heavy atom. The Hall–Kier alpha value is -1.26. The molecule has 3 aliphatic rings. The molecule has 1 saturated carbocycles. The van der Waals surface area contributed by atoms with Gasteiger partial charge in [0, 0.05) is 31.8 Å². The number of alkyl carbamates (subject to hydrolysis) is 1. The van der Waals surface area contributed by atoms with Gasteiger partial charge in [0.15, 0.2) is 0 Å². The minimum Gasteiger partial charge on any atom is -0.441 e. The Kier molecular flexibility index (Phi) is 2.49. The van der Waals surface area contributed by atoms with Crippen LogP contribution in [0.4, 0.5) is 4.79 Å². The van der Waals surface area contributed by atoms with Crippen LogP contribution in [0.2, 0.25) is 0 Å². The first-order chi connectivity index (χ1) is 8.19. The molecule has 2 saturated heterocycles. The first kappa shape index (κ1) is 10.9. The minimum absolute atomic E-state index is 0.272. The van der Waals surface area contributed by atoms with Crippen LogP contribution in [0.3, 0.4) is 0 Å². The van der Waals surface area contributed by atoms with Gasteiger partial charge in [-0.05, 0) is 12.8 Å². The first-order valence-electron chi connectivity index (χ1n) is 6.44. The predicted octanol–water partition coefficient (Wildman–Crippen LogP) is 0.887. The lowest BCUT2D eigenvalue weighted by molar-refractivity contribution is -0.141. The lowest BCUT2D eigenvalue weighted by Crippen LogP contribution is -2.50. The highest BCUT2D eigenvalue weighted by Gasteiger charge is 2.44. The number of piperidine rings is 1. The van der Waals surface area contributed by atoms with Gasteiger partial charge < -0.3 is 15.0 Å². The van der Waals surface area contributed by atoms with Crippen molar-refractivity contribution in [1.82, 2.24) is 10.2 Å². The molecule has 94 valence electrons. The van der Waals surface area contributed by atoms with Crippen molar-refractivity contribution in [3.05, 3.63) is 0 Å². The molecule has 17 heavy (non-hydrogen) atoms. The zero-order valence-electron chi connectivity index (χ0n) is 9.91. The lowest BCUT2D eigenvalue weighted by atomic mass is 9.83. The van der Waals surface area contributed by atoms with Crippen LogP contribution >= 0.6 is 0 Å². The van der Waals surface area contributed by atoms with Crippen molar-refractivity contribution in [3.8, 4) is 0 Å². The first-order valence-corrected chi connectivity index (χ1v) is 6.44. The van der Waals surface area contributed by atoms with Crippen LogP contribution in [0, 0.1) is 5.92 Å². The third kappa shape index (κ3) is 1.87. The second-order valence-corrected chi connectivity index (χ2v) is 5.38. The van der Waals surface area contributed by atoms with Gasteiger partial charge in [-0.3, -0.25) is 4.79 Å². The number of rotatable bonds is 1. The Morgan fingerprint density at radius 3 is 2.53 bits per heavy atom. The van der Waals surface area contributed by atoms with Gasteiger partial charge in [-0.1, -0.05) is 6.42 Å². The maximum atomic E-state index is 12.1. The van der Waals surface area contributed by atoms with Gasteiger partial charge in [0.1, 0.15) is 5.60 Å². The molecule has 0 radical (unpaired) electrons. The summed E-state index contributed by atoms with van der Waals surface area (Å²) in [6.07, 6.45) is 4.52. The van der Waals surface area contributed by atoms with Crippen molar-refractivity contribution < 1.29 is 14.3 Å². The highest BCUT2D eigenvalue weighted by atomic mass is 16.6. The third-order valence-electron chi connectivity index (χ3n) is 4.30. The number of amides is 2. The molecule has 0 bridgehead atoms. The van der Waals surface area contributed by atoms with Gasteiger partial charge in [0.05, 0.1) is 6.54 Å². The van der Waals surface area contributed by atoms with Crippen molar-refractivity contribution in [2.24, 2.45) is 5.92 Å². The van der Waals surface area contributed by atoms with E-state index < -0.39 is 0 Å². The molecule has 2 heterocycles. The van der Waals surface area contributed by atoms with Gasteiger partial charge in [0.2, 0.25) is 5.91 Å². The second-order valence-electron chi connectivity index (χ2n) is 5.38. The van der Waals surface area contributed by atoms with Gasteiger partial charge in [-0.25, -0.2) is 4.79 Å². The number of carbonyl (C=O) groups excluding carboxylic acids is 2. The average Bonchev–Trinajstić information content (AvgIpc) is 2.58. The van der Waals surface area contributed by atoms with E-state index in [9.17, 15) is 9.59 Å². The summed E-state index contributed by atoms with van der Waals surface area (Å²) in [4.78, 5) is 25.1. The molecule has 3 rings (SSSR count). The smallest absolute Gasteiger partial charge is 0.407 e. The van der Waals surface area contributed by atoms with E-state index in [1.807, 2.05) is 4.90 Å². The molecule has 0 aromatic carbocycles. The standard InChI is InChI=1S/C12H18N2O3/c15-10(9-2-1-3-9)14-6-4-12(5-7-14)8-13-11(16)17-12/h9H,1-8H2,(H,13,16). The van der Waals surface area contributed by atoms with E-state index in [-0.39, 0.29) is 17.6 Å². The fraction of sp³-hybridized carbons (Fsp3) is 0.833. The fourth-order valence-corrected chi connectivity index (χ4v) is 2.83. The van der Waals surface area contributed by atoms with E-state index in [1.165, 1.54) is 6.42 Å². The third-order valence-corrected chi connectivity index (χ3v) is 4.30. The minimum atomic E-state index is -0.340. The monoisotopic (exact) mass is 238 g/mol. The topological polar surface area (TPSA) is 58.6 Å². The van der Waals surface area contributed by atoms with Gasteiger partial charge in [-0.15, -0.1) is 0 Å². The molecule has 0 unspecified atom stereocenters. The number of hydrogen-bond acceptors (Lipinski definition) is 3. The Morgan fingerprint density at radius 2 is 2.06 bits per heavy atom. The molecule has 2 amide bonds. The van der Waals surface area contributed by atoms with Crippen LogP contribution in [0.25, 0.3) is 0 Å².